The molecule has 0 aliphatic heterocycles. The standard InChI is InChI=1S/C60H121N3O4/c1-5-9-13-17-21-25-35-43-51-62(52-44-36-26-22-18-14-10-6-2)59(65)47-39-31-29-33-41-49-61(55-57-67-58-56-64)50-42-34-30-32-40-48-60(66)63(53-45-37-27-23-19-15-11-7-3)54-46-38-28-24-20-16-12-8-4/h64H,5-58H2,1-4H3. The van der Waals surface area contributed by atoms with E-state index in [-0.39, 0.29) is 6.61 Å². The van der Waals surface area contributed by atoms with E-state index in [1.807, 2.05) is 0 Å². The average Bonchev–Trinajstić information content (AvgIpc) is 3.33. The van der Waals surface area contributed by atoms with Gasteiger partial charge in [0.25, 0.3) is 0 Å². The third-order valence-corrected chi connectivity index (χ3v) is 14.3. The van der Waals surface area contributed by atoms with Crippen LogP contribution in [-0.4, -0.2) is 97.3 Å². The Kier molecular flexibility index (Phi) is 54.8. The van der Waals surface area contributed by atoms with Crippen LogP contribution in [0.3, 0.4) is 0 Å². The monoisotopic (exact) mass is 948 g/mol. The highest BCUT2D eigenvalue weighted by molar-refractivity contribution is 5.76. The predicted octanol–water partition coefficient (Wildman–Crippen LogP) is 17.2. The second-order valence-electron chi connectivity index (χ2n) is 20.9. The fourth-order valence-electron chi connectivity index (χ4n) is 9.76. The SMILES string of the molecule is CCCCCCCCCCN(CCCCCCCCCC)C(=O)CCCCCCCN(CCCCCCCC(=O)N(CCCCCCCCCC)CCCCCCCCCC)CCOCCO. The average molecular weight is 949 g/mol. The van der Waals surface area contributed by atoms with Crippen molar-refractivity contribution in [2.75, 3.05) is 65.6 Å². The number of rotatable bonds is 57. The number of carbonyl (C=O) groups is 2. The molecule has 0 spiro atoms. The second-order valence-corrected chi connectivity index (χ2v) is 20.9. The lowest BCUT2D eigenvalue weighted by Crippen LogP contribution is -2.32. The minimum atomic E-state index is 0.0807. The second kappa shape index (κ2) is 55.7. The molecule has 0 aliphatic rings. The molecule has 1 N–H and O–H groups in total. The number of amides is 2. The van der Waals surface area contributed by atoms with Crippen LogP contribution >= 0.6 is 0 Å². The lowest BCUT2D eigenvalue weighted by molar-refractivity contribution is -0.132. The highest BCUT2D eigenvalue weighted by atomic mass is 16.5. The fraction of sp³-hybridized carbons (Fsp3) is 0.967. The zero-order chi connectivity index (χ0) is 48.8. The molecule has 0 saturated carbocycles. The number of ether oxygens (including phenoxy) is 1. The number of unbranched alkanes of at least 4 members (excludes halogenated alkanes) is 36. The normalized spacial score (nSPS) is 11.6. The molecule has 0 aromatic heterocycles. The highest BCUT2D eigenvalue weighted by Crippen LogP contribution is 2.17. The number of aliphatic hydroxyl groups is 1. The summed E-state index contributed by atoms with van der Waals surface area (Å²) in [5, 5.41) is 9.22. The van der Waals surface area contributed by atoms with Crippen molar-refractivity contribution in [3.63, 3.8) is 0 Å². The van der Waals surface area contributed by atoms with Crippen molar-refractivity contribution in [3.05, 3.63) is 0 Å². The van der Waals surface area contributed by atoms with Crippen molar-refractivity contribution in [1.82, 2.24) is 14.7 Å². The molecule has 7 heteroatoms. The molecule has 0 fully saturated rings. The van der Waals surface area contributed by atoms with E-state index in [1.54, 1.807) is 0 Å². The van der Waals surface area contributed by atoms with Crippen molar-refractivity contribution < 1.29 is 19.4 Å². The predicted molar refractivity (Wildman–Crippen MR) is 293 cm³/mol. The van der Waals surface area contributed by atoms with Gasteiger partial charge in [-0.05, 0) is 64.5 Å². The summed E-state index contributed by atoms with van der Waals surface area (Å²) >= 11 is 0. The molecule has 0 aromatic carbocycles. The van der Waals surface area contributed by atoms with E-state index in [0.717, 1.165) is 97.2 Å². The summed E-state index contributed by atoms with van der Waals surface area (Å²) in [7, 11) is 0. The van der Waals surface area contributed by atoms with Crippen molar-refractivity contribution >= 4 is 11.8 Å². The van der Waals surface area contributed by atoms with Crippen LogP contribution in [0.2, 0.25) is 0 Å². The number of hydrogen-bond acceptors (Lipinski definition) is 5. The van der Waals surface area contributed by atoms with E-state index < -0.39 is 0 Å². The molecule has 0 radical (unpaired) electrons. The Morgan fingerprint density at radius 1 is 0.299 bits per heavy atom. The van der Waals surface area contributed by atoms with E-state index in [0.29, 0.717) is 37.9 Å². The highest BCUT2D eigenvalue weighted by Gasteiger charge is 2.15. The van der Waals surface area contributed by atoms with Crippen LogP contribution in [0.4, 0.5) is 0 Å². The van der Waals surface area contributed by atoms with Gasteiger partial charge >= 0.3 is 0 Å². The van der Waals surface area contributed by atoms with Crippen molar-refractivity contribution in [1.29, 1.82) is 0 Å². The van der Waals surface area contributed by atoms with Gasteiger partial charge in [0, 0.05) is 45.6 Å². The fourth-order valence-corrected chi connectivity index (χ4v) is 9.76. The van der Waals surface area contributed by atoms with E-state index in [2.05, 4.69) is 42.4 Å². The third-order valence-electron chi connectivity index (χ3n) is 14.3. The largest absolute Gasteiger partial charge is 0.394 e. The maximum absolute atomic E-state index is 13.4. The molecule has 0 aromatic rings. The van der Waals surface area contributed by atoms with Gasteiger partial charge in [-0.3, -0.25) is 9.59 Å². The van der Waals surface area contributed by atoms with Gasteiger partial charge in [0.2, 0.25) is 11.8 Å². The minimum Gasteiger partial charge on any atom is -0.394 e. The van der Waals surface area contributed by atoms with Gasteiger partial charge in [0.1, 0.15) is 0 Å². The van der Waals surface area contributed by atoms with Gasteiger partial charge in [-0.15, -0.1) is 0 Å². The van der Waals surface area contributed by atoms with Crippen LogP contribution in [0.15, 0.2) is 0 Å². The summed E-state index contributed by atoms with van der Waals surface area (Å²) in [5.41, 5.74) is 0. The molecule has 0 unspecified atom stereocenters. The van der Waals surface area contributed by atoms with Gasteiger partial charge in [-0.2, -0.15) is 0 Å². The van der Waals surface area contributed by atoms with Crippen molar-refractivity contribution in [3.8, 4) is 0 Å². The van der Waals surface area contributed by atoms with Gasteiger partial charge in [-0.25, -0.2) is 0 Å². The third kappa shape index (κ3) is 48.2. The molecule has 0 heterocycles. The van der Waals surface area contributed by atoms with Crippen LogP contribution in [-0.2, 0) is 14.3 Å². The Morgan fingerprint density at radius 2 is 0.537 bits per heavy atom. The Labute approximate surface area is 420 Å². The molecule has 0 atom stereocenters. The van der Waals surface area contributed by atoms with Crippen molar-refractivity contribution in [2.45, 2.75) is 310 Å². The summed E-state index contributed by atoms with van der Waals surface area (Å²) in [6.07, 6.45) is 55.0. The van der Waals surface area contributed by atoms with E-state index in [9.17, 15) is 14.7 Å². The van der Waals surface area contributed by atoms with Crippen LogP contribution in [0, 0.1) is 0 Å². The summed E-state index contributed by atoms with van der Waals surface area (Å²) in [4.78, 5) is 33.9. The van der Waals surface area contributed by atoms with Gasteiger partial charge in [0.15, 0.2) is 0 Å². The lowest BCUT2D eigenvalue weighted by atomic mass is 10.1. The molecule has 0 aliphatic carbocycles. The van der Waals surface area contributed by atoms with E-state index >= 15 is 0 Å². The van der Waals surface area contributed by atoms with E-state index in [4.69, 9.17) is 4.74 Å². The molecule has 7 nitrogen and oxygen atoms in total. The Balaban J connectivity index is 4.61. The summed E-state index contributed by atoms with van der Waals surface area (Å²) in [6.45, 7) is 17.2. The van der Waals surface area contributed by atoms with Crippen LogP contribution in [0.1, 0.15) is 310 Å². The zero-order valence-electron chi connectivity index (χ0n) is 46.2. The summed E-state index contributed by atoms with van der Waals surface area (Å²) < 4.78 is 5.67. The van der Waals surface area contributed by atoms with Crippen molar-refractivity contribution in [2.24, 2.45) is 0 Å². The first-order chi connectivity index (χ1) is 33.0. The smallest absolute Gasteiger partial charge is 0.222 e. The maximum atomic E-state index is 13.4. The van der Waals surface area contributed by atoms with Gasteiger partial charge in [0.05, 0.1) is 19.8 Å². The summed E-state index contributed by atoms with van der Waals surface area (Å²) in [6, 6.07) is 0. The Hall–Kier alpha value is -1.18. The molecule has 0 bridgehead atoms. The summed E-state index contributed by atoms with van der Waals surface area (Å²) in [5.74, 6) is 0.799. The Bertz CT molecular complexity index is 871. The van der Waals surface area contributed by atoms with E-state index in [1.165, 1.54) is 218 Å². The molecular weight excluding hydrogens is 827 g/mol. The Morgan fingerprint density at radius 3 is 0.806 bits per heavy atom. The molecule has 400 valence electrons. The van der Waals surface area contributed by atoms with Crippen LogP contribution < -0.4 is 0 Å². The number of aliphatic hydroxyl groups excluding tert-OH is 1. The van der Waals surface area contributed by atoms with Gasteiger partial charge < -0.3 is 24.5 Å². The number of carbonyl (C=O) groups excluding carboxylic acids is 2. The number of hydrogen-bond donors (Lipinski definition) is 1. The topological polar surface area (TPSA) is 73.3 Å². The molecular formula is C60H121N3O4. The first-order valence-electron chi connectivity index (χ1n) is 30.5. The quantitative estimate of drug-likeness (QED) is 0.0615. The maximum Gasteiger partial charge on any atom is 0.222 e. The zero-order valence-corrected chi connectivity index (χ0v) is 46.2. The number of nitrogens with zero attached hydrogens (tertiary/aromatic N) is 3. The molecule has 0 rings (SSSR count). The van der Waals surface area contributed by atoms with Gasteiger partial charge in [-0.1, -0.05) is 246 Å². The van der Waals surface area contributed by atoms with Crippen LogP contribution in [0.5, 0.6) is 0 Å². The van der Waals surface area contributed by atoms with Crippen LogP contribution in [0.25, 0.3) is 0 Å². The first kappa shape index (κ1) is 65.8. The lowest BCUT2D eigenvalue weighted by Gasteiger charge is -2.23. The first-order valence-corrected chi connectivity index (χ1v) is 30.5. The molecule has 2 amide bonds. The minimum absolute atomic E-state index is 0.0807. The molecule has 67 heavy (non-hydrogen) atoms. The molecule has 0 saturated heterocycles.